The van der Waals surface area contributed by atoms with Crippen LogP contribution in [0.25, 0.3) is 0 Å². The Balaban J connectivity index is 1.62. The number of nitro benzene ring substituents is 1. The molecule has 35 heavy (non-hydrogen) atoms. The quantitative estimate of drug-likeness (QED) is 0.157. The van der Waals surface area contributed by atoms with E-state index in [4.69, 9.17) is 21.1 Å². The lowest BCUT2D eigenvalue weighted by molar-refractivity contribution is -0.384. The highest BCUT2D eigenvalue weighted by molar-refractivity contribution is 14.1. The molecule has 0 saturated carbocycles. The molecule has 0 unspecified atom stereocenters. The van der Waals surface area contributed by atoms with Gasteiger partial charge in [-0.2, -0.15) is 5.10 Å². The monoisotopic (exact) mass is 608 g/mol. The number of carbonyl (C=O) groups excluding carboxylic acids is 2. The van der Waals surface area contributed by atoms with Crippen molar-refractivity contribution in [3.8, 4) is 11.5 Å². The molecule has 3 rings (SSSR count). The predicted molar refractivity (Wildman–Crippen MR) is 139 cm³/mol. The molecule has 3 aromatic rings. The van der Waals surface area contributed by atoms with Crippen molar-refractivity contribution >= 4 is 63.6 Å². The summed E-state index contributed by atoms with van der Waals surface area (Å²) in [6.07, 6.45) is 1.40. The predicted octanol–water partition coefficient (Wildman–Crippen LogP) is 4.64. The van der Waals surface area contributed by atoms with Gasteiger partial charge in [0.05, 0.1) is 32.5 Å². The molecule has 0 heterocycles. The van der Waals surface area contributed by atoms with Gasteiger partial charge in [0, 0.05) is 17.7 Å². The minimum absolute atomic E-state index is 0.115. The number of nitrogens with zero attached hydrogens (tertiary/aromatic N) is 2. The first-order chi connectivity index (χ1) is 16.8. The molecular formula is C23H18ClIN4O6. The minimum Gasteiger partial charge on any atom is -0.493 e. The van der Waals surface area contributed by atoms with E-state index in [-0.39, 0.29) is 17.9 Å². The third kappa shape index (κ3) is 7.13. The highest BCUT2D eigenvalue weighted by Gasteiger charge is 2.14. The zero-order valence-electron chi connectivity index (χ0n) is 18.2. The molecule has 0 radical (unpaired) electrons. The van der Waals surface area contributed by atoms with Gasteiger partial charge >= 0.3 is 0 Å². The van der Waals surface area contributed by atoms with Gasteiger partial charge < -0.3 is 14.8 Å². The first-order valence-electron chi connectivity index (χ1n) is 9.91. The second-order valence-corrected chi connectivity index (χ2v) is 8.42. The standard InChI is InChI=1S/C23H18ClIN4O6/c1-34-20-11-14(12-26-28-23(31)15-6-8-16(9-7-15)29(32)33)10-18(25)22(20)35-13-21(30)27-19-5-3-2-4-17(19)24/h2-12H,13H2,1H3,(H,27,30)(H,28,31)/b26-12+. The molecule has 2 N–H and O–H groups in total. The summed E-state index contributed by atoms with van der Waals surface area (Å²) >= 11 is 8.08. The third-order valence-corrected chi connectivity index (χ3v) is 5.60. The van der Waals surface area contributed by atoms with E-state index in [2.05, 4.69) is 15.8 Å². The molecule has 3 aromatic carbocycles. The average Bonchev–Trinajstić information content (AvgIpc) is 2.84. The maximum absolute atomic E-state index is 12.3. The molecule has 2 amide bonds. The normalized spacial score (nSPS) is 10.6. The second-order valence-electron chi connectivity index (χ2n) is 6.85. The van der Waals surface area contributed by atoms with Crippen LogP contribution in [0.5, 0.6) is 11.5 Å². The van der Waals surface area contributed by atoms with Crippen molar-refractivity contribution in [1.29, 1.82) is 0 Å². The number of methoxy groups -OCH3 is 1. The highest BCUT2D eigenvalue weighted by atomic mass is 127. The molecule has 0 saturated heterocycles. The fourth-order valence-electron chi connectivity index (χ4n) is 2.81. The van der Waals surface area contributed by atoms with E-state index in [9.17, 15) is 19.7 Å². The number of benzene rings is 3. The molecule has 10 nitrogen and oxygen atoms in total. The number of ether oxygens (including phenoxy) is 2. The van der Waals surface area contributed by atoms with E-state index in [0.717, 1.165) is 0 Å². The van der Waals surface area contributed by atoms with Crippen LogP contribution in [0.4, 0.5) is 11.4 Å². The van der Waals surface area contributed by atoms with Crippen LogP contribution in [-0.4, -0.2) is 36.7 Å². The van der Waals surface area contributed by atoms with E-state index in [1.807, 2.05) is 22.6 Å². The Kier molecular flexibility index (Phi) is 8.98. The number of halogens is 2. The van der Waals surface area contributed by atoms with Gasteiger partial charge in [-0.05, 0) is 64.6 Å². The number of non-ortho nitro benzene ring substituents is 1. The van der Waals surface area contributed by atoms with Crippen LogP contribution in [0.15, 0.2) is 65.8 Å². The second kappa shape index (κ2) is 12.1. The van der Waals surface area contributed by atoms with Crippen LogP contribution in [0.2, 0.25) is 5.02 Å². The molecule has 180 valence electrons. The molecule has 0 aliphatic heterocycles. The van der Waals surface area contributed by atoms with Crippen LogP contribution >= 0.6 is 34.2 Å². The number of hydrazone groups is 1. The van der Waals surface area contributed by atoms with Gasteiger partial charge in [0.1, 0.15) is 0 Å². The van der Waals surface area contributed by atoms with E-state index in [1.54, 1.807) is 36.4 Å². The van der Waals surface area contributed by atoms with Crippen molar-refractivity contribution in [2.24, 2.45) is 5.10 Å². The topological polar surface area (TPSA) is 132 Å². The smallest absolute Gasteiger partial charge is 0.271 e. The fraction of sp³-hybridized carbons (Fsp3) is 0.0870. The van der Waals surface area contributed by atoms with Crippen molar-refractivity contribution < 1.29 is 24.0 Å². The molecule has 0 spiro atoms. The number of anilines is 1. The van der Waals surface area contributed by atoms with Gasteiger partial charge in [0.15, 0.2) is 18.1 Å². The Morgan fingerprint density at radius 3 is 2.54 bits per heavy atom. The highest BCUT2D eigenvalue weighted by Crippen LogP contribution is 2.33. The number of carbonyl (C=O) groups is 2. The molecular weight excluding hydrogens is 591 g/mol. The van der Waals surface area contributed by atoms with Crippen molar-refractivity contribution in [2.45, 2.75) is 0 Å². The summed E-state index contributed by atoms with van der Waals surface area (Å²) < 4.78 is 11.7. The lowest BCUT2D eigenvalue weighted by atomic mass is 10.2. The van der Waals surface area contributed by atoms with Crippen molar-refractivity contribution in [2.75, 3.05) is 19.0 Å². The Morgan fingerprint density at radius 2 is 1.89 bits per heavy atom. The van der Waals surface area contributed by atoms with Crippen LogP contribution in [-0.2, 0) is 4.79 Å². The number of nitrogens with one attached hydrogen (secondary N) is 2. The summed E-state index contributed by atoms with van der Waals surface area (Å²) in [5.74, 6) is -0.182. The summed E-state index contributed by atoms with van der Waals surface area (Å²) in [7, 11) is 1.46. The largest absolute Gasteiger partial charge is 0.493 e. The van der Waals surface area contributed by atoms with E-state index >= 15 is 0 Å². The van der Waals surface area contributed by atoms with Crippen LogP contribution in [0.1, 0.15) is 15.9 Å². The number of para-hydroxylation sites is 1. The molecule has 0 fully saturated rings. The zero-order valence-corrected chi connectivity index (χ0v) is 21.1. The van der Waals surface area contributed by atoms with Crippen molar-refractivity contribution in [1.82, 2.24) is 5.43 Å². The lowest BCUT2D eigenvalue weighted by Gasteiger charge is -2.14. The van der Waals surface area contributed by atoms with Gasteiger partial charge in [0.25, 0.3) is 17.5 Å². The summed E-state index contributed by atoms with van der Waals surface area (Å²) in [5.41, 5.74) is 3.54. The minimum atomic E-state index is -0.548. The Labute approximate surface area is 218 Å². The summed E-state index contributed by atoms with van der Waals surface area (Å²) in [4.78, 5) is 34.6. The van der Waals surface area contributed by atoms with Crippen LogP contribution < -0.4 is 20.2 Å². The number of amides is 2. The number of hydrogen-bond donors (Lipinski definition) is 2. The Bertz CT molecular complexity index is 1280. The first kappa shape index (κ1) is 25.9. The maximum Gasteiger partial charge on any atom is 0.271 e. The molecule has 0 aliphatic rings. The Hall–Kier alpha value is -3.71. The fourth-order valence-corrected chi connectivity index (χ4v) is 3.77. The number of rotatable bonds is 9. The van der Waals surface area contributed by atoms with E-state index < -0.39 is 16.7 Å². The molecule has 0 bridgehead atoms. The first-order valence-corrected chi connectivity index (χ1v) is 11.4. The lowest BCUT2D eigenvalue weighted by Crippen LogP contribution is -2.21. The summed E-state index contributed by atoms with van der Waals surface area (Å²) in [6.45, 7) is -0.268. The van der Waals surface area contributed by atoms with Gasteiger partial charge in [-0.1, -0.05) is 23.7 Å². The SMILES string of the molecule is COc1cc(/C=N/NC(=O)c2ccc([N+](=O)[O-])cc2)cc(I)c1OCC(=O)Nc1ccccc1Cl. The molecule has 0 atom stereocenters. The van der Waals surface area contributed by atoms with Crippen LogP contribution in [0, 0.1) is 13.7 Å². The Morgan fingerprint density at radius 1 is 1.17 bits per heavy atom. The summed E-state index contributed by atoms with van der Waals surface area (Å²) in [6, 6.07) is 15.4. The van der Waals surface area contributed by atoms with Gasteiger partial charge in [-0.25, -0.2) is 5.43 Å². The molecule has 0 aliphatic carbocycles. The number of hydrogen-bond acceptors (Lipinski definition) is 7. The summed E-state index contributed by atoms with van der Waals surface area (Å²) in [5, 5.41) is 17.7. The number of nitro groups is 1. The average molecular weight is 609 g/mol. The maximum atomic E-state index is 12.3. The zero-order chi connectivity index (χ0) is 25.4. The van der Waals surface area contributed by atoms with Crippen molar-refractivity contribution in [3.63, 3.8) is 0 Å². The molecule has 0 aromatic heterocycles. The van der Waals surface area contributed by atoms with E-state index in [1.165, 1.54) is 37.6 Å². The van der Waals surface area contributed by atoms with E-state index in [0.29, 0.717) is 31.3 Å². The van der Waals surface area contributed by atoms with Crippen LogP contribution in [0.3, 0.4) is 0 Å². The van der Waals surface area contributed by atoms with Gasteiger partial charge in [0.2, 0.25) is 0 Å². The third-order valence-electron chi connectivity index (χ3n) is 4.47. The van der Waals surface area contributed by atoms with Gasteiger partial charge in [-0.3, -0.25) is 19.7 Å². The van der Waals surface area contributed by atoms with Gasteiger partial charge in [-0.15, -0.1) is 0 Å². The molecule has 12 heteroatoms. The van der Waals surface area contributed by atoms with Crippen molar-refractivity contribution in [3.05, 3.63) is 90.5 Å².